The molecule has 0 bridgehead atoms. The van der Waals surface area contributed by atoms with Crippen LogP contribution in [0.25, 0.3) is 10.8 Å². The van der Waals surface area contributed by atoms with Gasteiger partial charge in [-0.25, -0.2) is 9.59 Å². The summed E-state index contributed by atoms with van der Waals surface area (Å²) < 4.78 is 5.50. The van der Waals surface area contributed by atoms with Crippen LogP contribution in [0.5, 0.6) is 0 Å². The number of nitrogens with one attached hydrogen (secondary N) is 2. The Balaban J connectivity index is 1.26. The predicted molar refractivity (Wildman–Crippen MR) is 179 cm³/mol. The Bertz CT molecular complexity index is 1900. The van der Waals surface area contributed by atoms with Crippen LogP contribution >= 0.6 is 23.1 Å². The van der Waals surface area contributed by atoms with Crippen LogP contribution in [-0.4, -0.2) is 51.3 Å². The number of ether oxygens (including phenoxy) is 1. The van der Waals surface area contributed by atoms with Gasteiger partial charge in [0, 0.05) is 33.0 Å². The van der Waals surface area contributed by atoms with E-state index in [0.717, 1.165) is 15.3 Å². The maximum absolute atomic E-state index is 13.3. The molecule has 1 atom stereocenters. The summed E-state index contributed by atoms with van der Waals surface area (Å²) in [6, 6.07) is 19.2. The van der Waals surface area contributed by atoms with Gasteiger partial charge in [-0.2, -0.15) is 5.26 Å². The lowest BCUT2D eigenvalue weighted by Crippen LogP contribution is -2.39. The number of thioether (sulfide) groups is 1. The van der Waals surface area contributed by atoms with Crippen LogP contribution in [0.15, 0.2) is 65.6 Å². The highest BCUT2D eigenvalue weighted by atomic mass is 32.2. The number of carboxylic acids is 1. The minimum atomic E-state index is -1.12. The van der Waals surface area contributed by atoms with Gasteiger partial charge in [-0.3, -0.25) is 9.59 Å². The first kappa shape index (κ1) is 32.5. The monoisotopic (exact) mass is 656 g/mol. The molecule has 236 valence electrons. The van der Waals surface area contributed by atoms with Gasteiger partial charge in [0.25, 0.3) is 5.91 Å². The Morgan fingerprint density at radius 1 is 1.04 bits per heavy atom. The summed E-state index contributed by atoms with van der Waals surface area (Å²) in [4.78, 5) is 54.1. The van der Waals surface area contributed by atoms with Crippen molar-refractivity contribution in [3.05, 3.63) is 87.8 Å². The fourth-order valence-corrected chi connectivity index (χ4v) is 7.26. The summed E-state index contributed by atoms with van der Waals surface area (Å²) >= 11 is 2.58. The lowest BCUT2D eigenvalue weighted by Gasteiger charge is -2.29. The molecular weight excluding hydrogens is 625 g/mol. The minimum Gasteiger partial charge on any atom is -0.478 e. The number of aromatic carboxylic acids is 1. The van der Waals surface area contributed by atoms with Gasteiger partial charge in [-0.05, 0) is 75.4 Å². The van der Waals surface area contributed by atoms with Crippen LogP contribution in [0.3, 0.4) is 0 Å². The molecule has 3 N–H and O–H groups in total. The summed E-state index contributed by atoms with van der Waals surface area (Å²) in [5.41, 5.74) is 1.40. The van der Waals surface area contributed by atoms with Crippen molar-refractivity contribution < 1.29 is 29.0 Å². The molecule has 3 amide bonds. The third kappa shape index (κ3) is 7.17. The fraction of sp³-hybridized carbons (Fsp3) is 0.265. The first-order valence-electron chi connectivity index (χ1n) is 14.5. The van der Waals surface area contributed by atoms with Crippen LogP contribution in [0.4, 0.5) is 15.5 Å². The zero-order chi connectivity index (χ0) is 33.2. The van der Waals surface area contributed by atoms with Crippen molar-refractivity contribution in [2.75, 3.05) is 17.2 Å². The van der Waals surface area contributed by atoms with E-state index in [-0.39, 0.29) is 17.0 Å². The second kappa shape index (κ2) is 13.2. The zero-order valence-corrected chi connectivity index (χ0v) is 27.3. The SMILES string of the molecule is CC(Sc1cccc(NC(=O)c2cccc3cccc(C(=O)O)c23)c1)C(=O)Nc1sc2c(c1C#N)CCN(C(=O)OC(C)(C)C)C2. The molecule has 1 aliphatic heterocycles. The Kier molecular flexibility index (Phi) is 9.37. The van der Waals surface area contributed by atoms with E-state index in [2.05, 4.69) is 16.7 Å². The largest absolute Gasteiger partial charge is 0.478 e. The van der Waals surface area contributed by atoms with Crippen LogP contribution in [-0.2, 0) is 22.5 Å². The lowest BCUT2D eigenvalue weighted by atomic mass is 9.98. The maximum Gasteiger partial charge on any atom is 0.410 e. The van der Waals surface area contributed by atoms with Gasteiger partial charge >= 0.3 is 12.1 Å². The molecule has 1 aromatic heterocycles. The highest BCUT2D eigenvalue weighted by molar-refractivity contribution is 8.00. The summed E-state index contributed by atoms with van der Waals surface area (Å²) in [7, 11) is 0. The summed E-state index contributed by atoms with van der Waals surface area (Å²) in [5.74, 6) is -1.87. The van der Waals surface area contributed by atoms with E-state index in [4.69, 9.17) is 4.74 Å². The average molecular weight is 657 g/mol. The lowest BCUT2D eigenvalue weighted by molar-refractivity contribution is -0.115. The van der Waals surface area contributed by atoms with Crippen LogP contribution in [0.1, 0.15) is 64.4 Å². The van der Waals surface area contributed by atoms with E-state index in [1.54, 1.807) is 60.4 Å². The number of benzene rings is 3. The molecule has 0 spiro atoms. The second-order valence-electron chi connectivity index (χ2n) is 11.7. The first-order chi connectivity index (χ1) is 21.8. The molecule has 1 unspecified atom stereocenters. The molecule has 4 aromatic rings. The standard InChI is InChI=1S/C34H32N4O6S2/c1-19(29(39)37-31-26(17-35)23-14-15-38(18-27(23)46-31)33(43)44-34(2,3)4)45-22-11-7-10-21(16-22)36-30(40)24-12-5-8-20-9-6-13-25(28(20)24)32(41)42/h5-13,16,19H,14-15,18H2,1-4H3,(H,36,40)(H,37,39)(H,41,42). The van der Waals surface area contributed by atoms with Gasteiger partial charge in [0.15, 0.2) is 0 Å². The molecule has 3 aromatic carbocycles. The smallest absolute Gasteiger partial charge is 0.410 e. The number of nitriles is 1. The quantitative estimate of drug-likeness (QED) is 0.178. The molecule has 0 radical (unpaired) electrons. The summed E-state index contributed by atoms with van der Waals surface area (Å²) in [5, 5.41) is 26.2. The third-order valence-corrected chi connectivity index (χ3v) is 9.44. The maximum atomic E-state index is 13.3. The third-order valence-electron chi connectivity index (χ3n) is 7.21. The molecule has 1 aliphatic rings. The van der Waals surface area contributed by atoms with Crippen molar-refractivity contribution in [1.82, 2.24) is 4.90 Å². The zero-order valence-electron chi connectivity index (χ0n) is 25.7. The second-order valence-corrected chi connectivity index (χ2v) is 14.2. The fourth-order valence-electron chi connectivity index (χ4n) is 5.12. The summed E-state index contributed by atoms with van der Waals surface area (Å²) in [6.45, 7) is 7.90. The highest BCUT2D eigenvalue weighted by Crippen LogP contribution is 2.38. The van der Waals surface area contributed by atoms with E-state index in [1.165, 1.54) is 29.2 Å². The highest BCUT2D eigenvalue weighted by Gasteiger charge is 2.30. The van der Waals surface area contributed by atoms with Crippen molar-refractivity contribution in [2.24, 2.45) is 0 Å². The van der Waals surface area contributed by atoms with Gasteiger partial charge in [-0.1, -0.05) is 30.3 Å². The van der Waals surface area contributed by atoms with Gasteiger partial charge in [0.05, 0.1) is 22.9 Å². The van der Waals surface area contributed by atoms with Crippen LogP contribution < -0.4 is 10.6 Å². The topological polar surface area (TPSA) is 149 Å². The molecule has 12 heteroatoms. The van der Waals surface area contributed by atoms with Crippen molar-refractivity contribution >= 4 is 68.4 Å². The Hall–Kier alpha value is -4.86. The first-order valence-corrected chi connectivity index (χ1v) is 16.2. The number of rotatable bonds is 7. The molecule has 0 saturated heterocycles. The van der Waals surface area contributed by atoms with E-state index in [0.29, 0.717) is 46.5 Å². The number of hydrogen-bond acceptors (Lipinski definition) is 8. The number of carbonyl (C=O) groups is 4. The van der Waals surface area contributed by atoms with Gasteiger partial charge in [0.2, 0.25) is 5.91 Å². The van der Waals surface area contributed by atoms with Crippen LogP contribution in [0.2, 0.25) is 0 Å². The van der Waals surface area contributed by atoms with E-state index in [1.807, 2.05) is 26.8 Å². The summed E-state index contributed by atoms with van der Waals surface area (Å²) in [6.07, 6.45) is 0.0736. The molecule has 46 heavy (non-hydrogen) atoms. The van der Waals surface area contributed by atoms with Gasteiger partial charge < -0.3 is 25.4 Å². The van der Waals surface area contributed by atoms with Gasteiger partial charge in [-0.15, -0.1) is 23.1 Å². The Labute approximate surface area is 274 Å². The number of thiophene rings is 1. The van der Waals surface area contributed by atoms with E-state index in [9.17, 15) is 29.5 Å². The molecule has 2 heterocycles. The normalized spacial score (nSPS) is 13.3. The number of nitrogens with zero attached hydrogens (tertiary/aromatic N) is 2. The molecule has 0 aliphatic carbocycles. The van der Waals surface area contributed by atoms with Crippen molar-refractivity contribution in [3.8, 4) is 6.07 Å². The predicted octanol–water partition coefficient (Wildman–Crippen LogP) is 7.14. The molecule has 0 saturated carbocycles. The van der Waals surface area contributed by atoms with Crippen LogP contribution in [0, 0.1) is 11.3 Å². The number of hydrogen-bond donors (Lipinski definition) is 3. The van der Waals surface area contributed by atoms with Crippen molar-refractivity contribution in [1.29, 1.82) is 5.26 Å². The number of amides is 3. The molecule has 5 rings (SSSR count). The molecular formula is C34H32N4O6S2. The van der Waals surface area contributed by atoms with Crippen molar-refractivity contribution in [3.63, 3.8) is 0 Å². The Morgan fingerprint density at radius 2 is 1.74 bits per heavy atom. The number of fused-ring (bicyclic) bond motifs is 2. The number of carbonyl (C=O) groups excluding carboxylic acids is 3. The molecule has 0 fully saturated rings. The van der Waals surface area contributed by atoms with E-state index < -0.39 is 28.8 Å². The Morgan fingerprint density at radius 3 is 2.41 bits per heavy atom. The van der Waals surface area contributed by atoms with Crippen molar-refractivity contribution in [2.45, 2.75) is 56.4 Å². The minimum absolute atomic E-state index is 0.0407. The van der Waals surface area contributed by atoms with E-state index >= 15 is 0 Å². The molecule has 10 nitrogen and oxygen atoms in total. The number of anilines is 2. The van der Waals surface area contributed by atoms with Gasteiger partial charge in [0.1, 0.15) is 16.7 Å². The average Bonchev–Trinajstić information content (AvgIpc) is 3.35. The number of carboxylic acid groups (broad SMARTS) is 1.